The minimum absolute atomic E-state index is 0.0449. The van der Waals surface area contributed by atoms with E-state index in [0.717, 1.165) is 30.6 Å². The molecule has 0 saturated carbocycles. The van der Waals surface area contributed by atoms with Gasteiger partial charge in [-0.15, -0.1) is 11.3 Å². The molecule has 2 aromatic heterocycles. The molecular formula is C21H23N3O3S. The lowest BCUT2D eigenvalue weighted by Gasteiger charge is -2.11. The number of carbonyl (C=O) groups excluding carboxylic acids is 1. The smallest absolute Gasteiger partial charge is 0.263 e. The van der Waals surface area contributed by atoms with Gasteiger partial charge in [0.1, 0.15) is 11.4 Å². The van der Waals surface area contributed by atoms with Gasteiger partial charge >= 0.3 is 0 Å². The summed E-state index contributed by atoms with van der Waals surface area (Å²) in [6.07, 6.45) is 3.52. The second-order valence-electron chi connectivity index (χ2n) is 7.25. The van der Waals surface area contributed by atoms with Crippen molar-refractivity contribution in [2.75, 3.05) is 13.2 Å². The molecule has 1 aromatic carbocycles. The van der Waals surface area contributed by atoms with Gasteiger partial charge in [0, 0.05) is 24.1 Å². The molecule has 1 N–H and O–H groups in total. The quantitative estimate of drug-likeness (QED) is 0.718. The van der Waals surface area contributed by atoms with Crippen LogP contribution in [-0.4, -0.2) is 34.7 Å². The van der Waals surface area contributed by atoms with Gasteiger partial charge in [-0.3, -0.25) is 14.2 Å². The van der Waals surface area contributed by atoms with Gasteiger partial charge in [0.15, 0.2) is 0 Å². The van der Waals surface area contributed by atoms with Crippen LogP contribution in [0.3, 0.4) is 0 Å². The molecule has 3 heterocycles. The number of hydrogen-bond acceptors (Lipinski definition) is 5. The number of hydrogen-bond donors (Lipinski definition) is 1. The van der Waals surface area contributed by atoms with E-state index in [9.17, 15) is 9.59 Å². The van der Waals surface area contributed by atoms with E-state index in [1.807, 2.05) is 11.4 Å². The van der Waals surface area contributed by atoms with Crippen molar-refractivity contribution in [3.05, 3.63) is 51.4 Å². The summed E-state index contributed by atoms with van der Waals surface area (Å²) in [4.78, 5) is 30.4. The topological polar surface area (TPSA) is 73.2 Å². The Bertz CT molecular complexity index is 1080. The van der Waals surface area contributed by atoms with Crippen LogP contribution in [0, 0.1) is 13.8 Å². The molecule has 7 heteroatoms. The lowest BCUT2D eigenvalue weighted by molar-refractivity contribution is -0.122. The summed E-state index contributed by atoms with van der Waals surface area (Å²) in [6, 6.07) is 6.17. The van der Waals surface area contributed by atoms with E-state index in [4.69, 9.17) is 4.74 Å². The minimum atomic E-state index is -0.207. The zero-order chi connectivity index (χ0) is 19.7. The van der Waals surface area contributed by atoms with Gasteiger partial charge in [0.05, 0.1) is 17.8 Å². The van der Waals surface area contributed by atoms with E-state index < -0.39 is 0 Å². The van der Waals surface area contributed by atoms with Gasteiger partial charge in [-0.05, 0) is 43.4 Å². The largest absolute Gasteiger partial charge is 0.376 e. The average molecular weight is 398 g/mol. The van der Waals surface area contributed by atoms with E-state index in [2.05, 4.69) is 36.3 Å². The molecule has 0 bridgehead atoms. The Hall–Kier alpha value is -2.51. The second kappa shape index (κ2) is 7.85. The molecule has 28 heavy (non-hydrogen) atoms. The zero-order valence-corrected chi connectivity index (χ0v) is 16.8. The van der Waals surface area contributed by atoms with Crippen molar-refractivity contribution in [3.8, 4) is 11.1 Å². The summed E-state index contributed by atoms with van der Waals surface area (Å²) in [5.74, 6) is -0.207. The Labute approximate surface area is 167 Å². The number of thiophene rings is 1. The number of aromatic nitrogens is 2. The highest BCUT2D eigenvalue weighted by Gasteiger charge is 2.18. The molecule has 6 nitrogen and oxygen atoms in total. The first-order valence-electron chi connectivity index (χ1n) is 9.45. The predicted octanol–water partition coefficient (Wildman–Crippen LogP) is 3.04. The van der Waals surface area contributed by atoms with E-state index in [0.29, 0.717) is 16.8 Å². The standard InChI is InChI=1S/C21H23N3O3S/c1-13-5-6-15(8-14(13)2)17-11-28-20-19(17)21(26)24(12-23-20)10-18(25)22-9-16-4-3-7-27-16/h5-6,8,11-12,16H,3-4,7,9-10H2,1-2H3,(H,22,25)/t16-/m0/s1. The molecule has 146 valence electrons. The molecule has 1 amide bonds. The van der Waals surface area contributed by atoms with Crippen molar-refractivity contribution < 1.29 is 9.53 Å². The number of nitrogens with zero attached hydrogens (tertiary/aromatic N) is 2. The van der Waals surface area contributed by atoms with E-state index in [1.165, 1.54) is 33.4 Å². The number of benzene rings is 1. The fourth-order valence-electron chi connectivity index (χ4n) is 3.45. The fourth-order valence-corrected chi connectivity index (χ4v) is 4.35. The number of nitrogens with one attached hydrogen (secondary N) is 1. The monoisotopic (exact) mass is 397 g/mol. The molecule has 1 saturated heterocycles. The second-order valence-corrected chi connectivity index (χ2v) is 8.10. The Morgan fingerprint density at radius 2 is 2.21 bits per heavy atom. The van der Waals surface area contributed by atoms with Gasteiger partial charge in [-0.25, -0.2) is 4.98 Å². The van der Waals surface area contributed by atoms with Crippen molar-refractivity contribution in [2.24, 2.45) is 0 Å². The normalized spacial score (nSPS) is 16.6. The summed E-state index contributed by atoms with van der Waals surface area (Å²) in [5.41, 5.74) is 4.06. The number of amides is 1. The van der Waals surface area contributed by atoms with Crippen LogP contribution in [0.2, 0.25) is 0 Å². The Morgan fingerprint density at radius 3 is 2.96 bits per heavy atom. The summed E-state index contributed by atoms with van der Waals surface area (Å²) >= 11 is 1.45. The van der Waals surface area contributed by atoms with Gasteiger partial charge in [-0.2, -0.15) is 0 Å². The highest BCUT2D eigenvalue weighted by molar-refractivity contribution is 7.17. The molecule has 0 unspecified atom stereocenters. The van der Waals surface area contributed by atoms with Gasteiger partial charge in [-0.1, -0.05) is 18.2 Å². The van der Waals surface area contributed by atoms with Crippen LogP contribution in [0.5, 0.6) is 0 Å². The molecule has 1 atom stereocenters. The number of ether oxygens (including phenoxy) is 1. The first-order valence-corrected chi connectivity index (χ1v) is 10.3. The molecular weight excluding hydrogens is 374 g/mol. The van der Waals surface area contributed by atoms with Crippen molar-refractivity contribution in [1.82, 2.24) is 14.9 Å². The van der Waals surface area contributed by atoms with Gasteiger partial charge in [0.25, 0.3) is 5.56 Å². The van der Waals surface area contributed by atoms with Crippen LogP contribution in [0.15, 0.2) is 34.7 Å². The fraction of sp³-hybridized carbons (Fsp3) is 0.381. The Morgan fingerprint density at radius 1 is 1.36 bits per heavy atom. The summed E-state index contributed by atoms with van der Waals surface area (Å²) in [7, 11) is 0. The first-order chi connectivity index (χ1) is 13.5. The third-order valence-corrected chi connectivity index (χ3v) is 6.13. The number of rotatable bonds is 5. The maximum absolute atomic E-state index is 13.1. The third kappa shape index (κ3) is 3.72. The molecule has 1 aliphatic rings. The first kappa shape index (κ1) is 18.8. The van der Waals surface area contributed by atoms with Crippen LogP contribution in [0.4, 0.5) is 0 Å². The zero-order valence-electron chi connectivity index (χ0n) is 16.0. The molecule has 3 aromatic rings. The molecule has 1 fully saturated rings. The molecule has 0 spiro atoms. The maximum Gasteiger partial charge on any atom is 0.263 e. The van der Waals surface area contributed by atoms with Crippen LogP contribution < -0.4 is 10.9 Å². The predicted molar refractivity (Wildman–Crippen MR) is 111 cm³/mol. The van der Waals surface area contributed by atoms with Gasteiger partial charge < -0.3 is 10.1 Å². The Kier molecular flexibility index (Phi) is 5.28. The van der Waals surface area contributed by atoms with Crippen molar-refractivity contribution in [1.29, 1.82) is 0 Å². The van der Waals surface area contributed by atoms with Gasteiger partial charge in [0.2, 0.25) is 5.91 Å². The molecule has 1 aliphatic heterocycles. The number of aryl methyl sites for hydroxylation is 2. The maximum atomic E-state index is 13.1. The molecule has 0 aliphatic carbocycles. The molecule has 0 radical (unpaired) electrons. The van der Waals surface area contributed by atoms with E-state index in [-0.39, 0.29) is 24.1 Å². The van der Waals surface area contributed by atoms with Crippen LogP contribution >= 0.6 is 11.3 Å². The highest BCUT2D eigenvalue weighted by Crippen LogP contribution is 2.31. The third-order valence-electron chi connectivity index (χ3n) is 5.24. The average Bonchev–Trinajstić information content (AvgIpc) is 3.34. The lowest BCUT2D eigenvalue weighted by atomic mass is 10.0. The summed E-state index contributed by atoms with van der Waals surface area (Å²) in [6.45, 7) is 5.31. The minimum Gasteiger partial charge on any atom is -0.376 e. The number of fused-ring (bicyclic) bond motifs is 1. The van der Waals surface area contributed by atoms with Crippen LogP contribution in [0.25, 0.3) is 21.3 Å². The van der Waals surface area contributed by atoms with E-state index >= 15 is 0 Å². The summed E-state index contributed by atoms with van der Waals surface area (Å²) < 4.78 is 6.89. The number of carbonyl (C=O) groups is 1. The van der Waals surface area contributed by atoms with E-state index in [1.54, 1.807) is 0 Å². The summed E-state index contributed by atoms with van der Waals surface area (Å²) in [5, 5.41) is 5.39. The SMILES string of the molecule is Cc1ccc(-c2csc3ncn(CC(=O)NC[C@@H]4CCCO4)c(=O)c23)cc1C. The molecule has 4 rings (SSSR count). The van der Waals surface area contributed by atoms with Crippen molar-refractivity contribution >= 4 is 27.5 Å². The van der Waals surface area contributed by atoms with Crippen LogP contribution in [0.1, 0.15) is 24.0 Å². The van der Waals surface area contributed by atoms with Crippen molar-refractivity contribution in [2.45, 2.75) is 39.3 Å². The highest BCUT2D eigenvalue weighted by atomic mass is 32.1. The lowest BCUT2D eigenvalue weighted by Crippen LogP contribution is -2.36. The van der Waals surface area contributed by atoms with Crippen molar-refractivity contribution in [3.63, 3.8) is 0 Å². The Balaban J connectivity index is 1.60. The van der Waals surface area contributed by atoms with Crippen LogP contribution in [-0.2, 0) is 16.1 Å².